The molecule has 0 radical (unpaired) electrons. The third kappa shape index (κ3) is 7.46. The third-order valence-electron chi connectivity index (χ3n) is 5.08. The molecule has 6 heteroatoms. The summed E-state index contributed by atoms with van der Waals surface area (Å²) in [4.78, 5) is 12.2. The van der Waals surface area contributed by atoms with Crippen molar-refractivity contribution in [2.45, 2.75) is 39.2 Å². The Morgan fingerprint density at radius 3 is 2.27 bits per heavy atom. The van der Waals surface area contributed by atoms with Gasteiger partial charge < -0.3 is 9.47 Å². The summed E-state index contributed by atoms with van der Waals surface area (Å²) in [7, 11) is 1.59. The monoisotopic (exact) mass is 508 g/mol. The van der Waals surface area contributed by atoms with E-state index < -0.39 is 0 Å². The molecule has 0 aliphatic rings. The Bertz CT molecular complexity index is 1100. The van der Waals surface area contributed by atoms with Gasteiger partial charge in [0.2, 0.25) is 5.91 Å². The van der Waals surface area contributed by atoms with E-state index in [-0.39, 0.29) is 17.7 Å². The number of benzene rings is 3. The summed E-state index contributed by atoms with van der Waals surface area (Å²) in [5.41, 5.74) is 6.71. The van der Waals surface area contributed by atoms with Gasteiger partial charge in [-0.15, -0.1) is 0 Å². The summed E-state index contributed by atoms with van der Waals surface area (Å²) in [6.07, 6.45) is 1.86. The number of halogens is 1. The van der Waals surface area contributed by atoms with E-state index in [4.69, 9.17) is 9.47 Å². The van der Waals surface area contributed by atoms with Crippen molar-refractivity contribution in [3.05, 3.63) is 93.5 Å². The number of ether oxygens (including phenoxy) is 2. The van der Waals surface area contributed by atoms with Crippen molar-refractivity contribution >= 4 is 28.1 Å². The van der Waals surface area contributed by atoms with Gasteiger partial charge in [-0.3, -0.25) is 4.79 Å². The van der Waals surface area contributed by atoms with Crippen molar-refractivity contribution in [3.63, 3.8) is 0 Å². The van der Waals surface area contributed by atoms with Gasteiger partial charge in [0.25, 0.3) is 0 Å². The van der Waals surface area contributed by atoms with Gasteiger partial charge in [-0.05, 0) is 58.0 Å². The third-order valence-corrected chi connectivity index (χ3v) is 5.61. The number of nitrogens with one attached hydrogen (secondary N) is 1. The van der Waals surface area contributed by atoms with E-state index in [9.17, 15) is 4.79 Å². The lowest BCUT2D eigenvalue weighted by Crippen LogP contribution is -2.20. The number of amides is 1. The molecule has 0 bridgehead atoms. The molecule has 172 valence electrons. The largest absolute Gasteiger partial charge is 0.493 e. The average molecular weight is 509 g/mol. The Morgan fingerprint density at radius 2 is 1.64 bits per heavy atom. The normalized spacial score (nSPS) is 11.4. The minimum absolute atomic E-state index is 0.0890. The second kappa shape index (κ2) is 11.1. The predicted octanol–water partition coefficient (Wildman–Crippen LogP) is 6.03. The van der Waals surface area contributed by atoms with E-state index in [0.717, 1.165) is 21.2 Å². The van der Waals surface area contributed by atoms with Crippen molar-refractivity contribution in [1.82, 2.24) is 5.43 Å². The minimum atomic E-state index is -0.170. The van der Waals surface area contributed by atoms with Crippen LogP contribution in [0.2, 0.25) is 0 Å². The van der Waals surface area contributed by atoms with Crippen LogP contribution in [0.4, 0.5) is 0 Å². The molecular formula is C27H29BrN2O3. The first-order valence-corrected chi connectivity index (χ1v) is 11.5. The molecule has 0 spiro atoms. The predicted molar refractivity (Wildman–Crippen MR) is 136 cm³/mol. The van der Waals surface area contributed by atoms with E-state index in [1.807, 2.05) is 54.6 Å². The first kappa shape index (κ1) is 24.5. The first-order valence-electron chi connectivity index (χ1n) is 10.7. The molecule has 0 saturated carbocycles. The fraction of sp³-hybridized carbons (Fsp3) is 0.259. The lowest BCUT2D eigenvalue weighted by molar-refractivity contribution is -0.120. The SMILES string of the molecule is COc1cc(/C=N\NC(=O)Cc2ccc(C(C)(C)C)cc2)ccc1OCc1ccc(Br)cc1. The number of nitrogens with zero attached hydrogens (tertiary/aromatic N) is 1. The number of carbonyl (C=O) groups excluding carboxylic acids is 1. The molecule has 0 aliphatic heterocycles. The maximum absolute atomic E-state index is 12.2. The fourth-order valence-electron chi connectivity index (χ4n) is 3.15. The summed E-state index contributed by atoms with van der Waals surface area (Å²) in [5.74, 6) is 1.07. The lowest BCUT2D eigenvalue weighted by atomic mass is 9.86. The lowest BCUT2D eigenvalue weighted by Gasteiger charge is -2.19. The van der Waals surface area contributed by atoms with Crippen LogP contribution >= 0.6 is 15.9 Å². The standard InChI is InChI=1S/C27H29BrN2O3/c1-27(2,3)22-10-5-19(6-11-22)16-26(31)30-29-17-21-9-14-24(25(15-21)32-4)33-18-20-7-12-23(28)13-8-20/h5-15,17H,16,18H2,1-4H3,(H,30,31)/b29-17-. The van der Waals surface area contributed by atoms with Gasteiger partial charge in [0.05, 0.1) is 19.7 Å². The Balaban J connectivity index is 1.54. The topological polar surface area (TPSA) is 59.9 Å². The molecule has 3 rings (SSSR count). The number of hydrogen-bond donors (Lipinski definition) is 1. The van der Waals surface area contributed by atoms with Gasteiger partial charge in [0.1, 0.15) is 6.61 Å². The molecular weight excluding hydrogens is 480 g/mol. The van der Waals surface area contributed by atoms with E-state index in [1.54, 1.807) is 13.3 Å². The summed E-state index contributed by atoms with van der Waals surface area (Å²) in [6.45, 7) is 6.93. The number of methoxy groups -OCH3 is 1. The Morgan fingerprint density at radius 1 is 0.970 bits per heavy atom. The van der Waals surface area contributed by atoms with Crippen LogP contribution in [-0.2, 0) is 23.2 Å². The molecule has 3 aromatic carbocycles. The second-order valence-electron chi connectivity index (χ2n) is 8.74. The molecule has 1 N–H and O–H groups in total. The molecule has 5 nitrogen and oxygen atoms in total. The van der Waals surface area contributed by atoms with Crippen molar-refractivity contribution < 1.29 is 14.3 Å². The molecule has 0 aliphatic carbocycles. The average Bonchev–Trinajstić information content (AvgIpc) is 2.79. The van der Waals surface area contributed by atoms with E-state index in [2.05, 4.69) is 59.4 Å². The van der Waals surface area contributed by atoms with Crippen LogP contribution in [0, 0.1) is 0 Å². The van der Waals surface area contributed by atoms with E-state index in [0.29, 0.717) is 18.1 Å². The van der Waals surface area contributed by atoms with E-state index >= 15 is 0 Å². The molecule has 0 heterocycles. The Kier molecular flexibility index (Phi) is 8.28. The molecule has 0 fully saturated rings. The zero-order valence-corrected chi connectivity index (χ0v) is 21.0. The highest BCUT2D eigenvalue weighted by atomic mass is 79.9. The maximum Gasteiger partial charge on any atom is 0.244 e. The minimum Gasteiger partial charge on any atom is -0.493 e. The molecule has 0 saturated heterocycles. The van der Waals surface area contributed by atoms with Crippen molar-refractivity contribution in [3.8, 4) is 11.5 Å². The van der Waals surface area contributed by atoms with E-state index in [1.165, 1.54) is 5.56 Å². The zero-order valence-electron chi connectivity index (χ0n) is 19.4. The number of hydrogen-bond acceptors (Lipinski definition) is 4. The molecule has 0 atom stereocenters. The Hall–Kier alpha value is -3.12. The summed E-state index contributed by atoms with van der Waals surface area (Å²) in [6, 6.07) is 21.6. The van der Waals surface area contributed by atoms with Crippen molar-refractivity contribution in [2.75, 3.05) is 7.11 Å². The van der Waals surface area contributed by atoms with Gasteiger partial charge in [-0.25, -0.2) is 5.43 Å². The Labute approximate surface area is 204 Å². The van der Waals surface area contributed by atoms with Crippen LogP contribution in [-0.4, -0.2) is 19.2 Å². The molecule has 33 heavy (non-hydrogen) atoms. The van der Waals surface area contributed by atoms with Crippen LogP contribution in [0.25, 0.3) is 0 Å². The van der Waals surface area contributed by atoms with Gasteiger partial charge >= 0.3 is 0 Å². The highest BCUT2D eigenvalue weighted by molar-refractivity contribution is 9.10. The smallest absolute Gasteiger partial charge is 0.244 e. The fourth-order valence-corrected chi connectivity index (χ4v) is 3.42. The van der Waals surface area contributed by atoms with Crippen LogP contribution < -0.4 is 14.9 Å². The van der Waals surface area contributed by atoms with Crippen LogP contribution in [0.3, 0.4) is 0 Å². The summed E-state index contributed by atoms with van der Waals surface area (Å²) >= 11 is 3.43. The highest BCUT2D eigenvalue weighted by Gasteiger charge is 2.13. The quantitative estimate of drug-likeness (QED) is 0.298. The van der Waals surface area contributed by atoms with Gasteiger partial charge in [0, 0.05) is 4.47 Å². The summed E-state index contributed by atoms with van der Waals surface area (Å²) in [5, 5.41) is 4.08. The number of rotatable bonds is 8. The van der Waals surface area contributed by atoms with Crippen LogP contribution in [0.15, 0.2) is 76.3 Å². The van der Waals surface area contributed by atoms with Crippen molar-refractivity contribution in [2.24, 2.45) is 5.10 Å². The first-order chi connectivity index (χ1) is 15.7. The maximum atomic E-state index is 12.2. The molecule has 0 aromatic heterocycles. The van der Waals surface area contributed by atoms with Gasteiger partial charge in [-0.2, -0.15) is 5.10 Å². The van der Waals surface area contributed by atoms with Crippen LogP contribution in [0.1, 0.15) is 43.0 Å². The second-order valence-corrected chi connectivity index (χ2v) is 9.66. The number of hydrazone groups is 1. The van der Waals surface area contributed by atoms with Gasteiger partial charge in [0.15, 0.2) is 11.5 Å². The molecule has 0 unspecified atom stereocenters. The van der Waals surface area contributed by atoms with Gasteiger partial charge in [-0.1, -0.05) is 73.1 Å². The van der Waals surface area contributed by atoms with Crippen LogP contribution in [0.5, 0.6) is 11.5 Å². The molecule has 1 amide bonds. The zero-order chi connectivity index (χ0) is 23.8. The summed E-state index contributed by atoms with van der Waals surface area (Å²) < 4.78 is 12.4. The molecule has 3 aromatic rings. The number of carbonyl (C=O) groups is 1. The highest BCUT2D eigenvalue weighted by Crippen LogP contribution is 2.28. The van der Waals surface area contributed by atoms with Crippen molar-refractivity contribution in [1.29, 1.82) is 0 Å².